The van der Waals surface area contributed by atoms with Crippen molar-refractivity contribution in [3.63, 3.8) is 0 Å². The first-order chi connectivity index (χ1) is 13.9. The number of ether oxygens (including phenoxy) is 1. The highest BCUT2D eigenvalue weighted by Crippen LogP contribution is 2.48. The first-order valence-corrected chi connectivity index (χ1v) is 9.84. The molecule has 2 heterocycles. The predicted octanol–water partition coefficient (Wildman–Crippen LogP) is 3.20. The van der Waals surface area contributed by atoms with Gasteiger partial charge in [-0.25, -0.2) is 4.57 Å². The van der Waals surface area contributed by atoms with E-state index in [0.29, 0.717) is 17.4 Å². The largest absolute Gasteiger partial charge is 0.508 e. The number of nitrogens with zero attached hydrogens (tertiary/aromatic N) is 3. The van der Waals surface area contributed by atoms with Gasteiger partial charge in [0, 0.05) is 18.2 Å². The van der Waals surface area contributed by atoms with Crippen LogP contribution in [-0.4, -0.2) is 35.6 Å². The van der Waals surface area contributed by atoms with Gasteiger partial charge in [-0.15, -0.1) is 0 Å². The van der Waals surface area contributed by atoms with E-state index in [9.17, 15) is 5.11 Å². The molecule has 4 rings (SSSR count). The lowest BCUT2D eigenvalue weighted by Crippen LogP contribution is -2.40. The highest BCUT2D eigenvalue weighted by atomic mass is 16.5. The highest BCUT2D eigenvalue weighted by Gasteiger charge is 2.36. The maximum atomic E-state index is 9.94. The molecule has 1 atom stereocenters. The monoisotopic (exact) mass is 391 g/mol. The van der Waals surface area contributed by atoms with Gasteiger partial charge in [0.1, 0.15) is 17.1 Å². The molecule has 1 aromatic heterocycles. The van der Waals surface area contributed by atoms with Crippen molar-refractivity contribution in [1.29, 1.82) is 0 Å². The fourth-order valence-electron chi connectivity index (χ4n) is 3.82. The van der Waals surface area contributed by atoms with Gasteiger partial charge in [-0.05, 0) is 39.1 Å². The number of rotatable bonds is 5. The van der Waals surface area contributed by atoms with Crippen LogP contribution in [0.5, 0.6) is 17.4 Å². The minimum Gasteiger partial charge on any atom is -0.508 e. The van der Waals surface area contributed by atoms with Crippen molar-refractivity contribution in [1.82, 2.24) is 9.88 Å². The van der Waals surface area contributed by atoms with Crippen molar-refractivity contribution in [3.05, 3.63) is 71.0 Å². The number of hydrogen-bond acceptors (Lipinski definition) is 5. The van der Waals surface area contributed by atoms with Gasteiger partial charge in [0.2, 0.25) is 12.1 Å². The number of nitrogens with two attached hydrogens (primary N) is 1. The van der Waals surface area contributed by atoms with Gasteiger partial charge in [0.05, 0.1) is 12.5 Å². The van der Waals surface area contributed by atoms with Crippen LogP contribution in [0.1, 0.15) is 34.6 Å². The fourth-order valence-corrected chi connectivity index (χ4v) is 3.82. The molecule has 0 saturated heterocycles. The zero-order chi connectivity index (χ0) is 20.5. The molecule has 6 nitrogen and oxygen atoms in total. The number of fused-ring (bicyclic) bond motifs is 2. The topological polar surface area (TPSA) is 75.5 Å². The van der Waals surface area contributed by atoms with Crippen molar-refractivity contribution in [2.24, 2.45) is 0 Å². The van der Waals surface area contributed by atoms with E-state index in [4.69, 9.17) is 10.5 Å². The second-order valence-electron chi connectivity index (χ2n) is 7.87. The van der Waals surface area contributed by atoms with E-state index in [0.717, 1.165) is 36.2 Å². The molecule has 6 heteroatoms. The van der Waals surface area contributed by atoms with Gasteiger partial charge < -0.3 is 20.5 Å². The number of phenolic OH excluding ortho intramolecular Hbond substituents is 1. The van der Waals surface area contributed by atoms with E-state index < -0.39 is 0 Å². The van der Waals surface area contributed by atoms with Gasteiger partial charge in [-0.1, -0.05) is 40.9 Å². The molecular weight excluding hydrogens is 364 g/mol. The fraction of sp³-hybridized carbons (Fsp3) is 0.304. The summed E-state index contributed by atoms with van der Waals surface area (Å²) in [5.41, 5.74) is 10.8. The van der Waals surface area contributed by atoms with Crippen LogP contribution in [0.3, 0.4) is 0 Å². The van der Waals surface area contributed by atoms with Crippen LogP contribution in [0, 0.1) is 6.92 Å². The lowest BCUT2D eigenvalue weighted by atomic mass is 9.83. The molecule has 3 N–H and O–H groups in total. The molecule has 0 spiro atoms. The van der Waals surface area contributed by atoms with Crippen molar-refractivity contribution in [2.45, 2.75) is 25.8 Å². The average Bonchev–Trinajstić information content (AvgIpc) is 2.68. The minimum atomic E-state index is -0.108. The number of anilines is 1. The SMILES string of the molecule is Cc1ccc([C@H]2c3ccc(O)cc3Oc3nc[n+](CCCN(C)C)c(N)c32)cc1. The Kier molecular flexibility index (Phi) is 5.11. The maximum absolute atomic E-state index is 9.94. The third kappa shape index (κ3) is 3.76. The minimum absolute atomic E-state index is 0.108. The van der Waals surface area contributed by atoms with Gasteiger partial charge in [0.15, 0.2) is 0 Å². The smallest absolute Gasteiger partial charge is 0.306 e. The number of aromatic hydroxyl groups is 1. The summed E-state index contributed by atoms with van der Waals surface area (Å²) in [7, 11) is 4.12. The van der Waals surface area contributed by atoms with Gasteiger partial charge in [0.25, 0.3) is 0 Å². The second kappa shape index (κ2) is 7.72. The van der Waals surface area contributed by atoms with Crippen LogP contribution in [0.4, 0.5) is 5.82 Å². The molecule has 150 valence electrons. The second-order valence-corrected chi connectivity index (χ2v) is 7.87. The number of hydrogen-bond donors (Lipinski definition) is 2. The van der Waals surface area contributed by atoms with Gasteiger partial charge in [-0.3, -0.25) is 0 Å². The first-order valence-electron chi connectivity index (χ1n) is 9.84. The van der Waals surface area contributed by atoms with Crippen LogP contribution in [0.15, 0.2) is 48.8 Å². The number of aryl methyl sites for hydroxylation is 2. The standard InChI is InChI=1S/C23H26N4O2/c1-15-5-7-16(8-6-15)20-18-10-9-17(28)13-19(18)29-23-21(20)22(24)27(14-25-23)12-4-11-26(2)3/h5-10,13-14,20,24,28H,4,11-12H2,1-3H3/p+1/t20-/m0/s1. The molecule has 2 aromatic carbocycles. The maximum Gasteiger partial charge on any atom is 0.306 e. The third-order valence-electron chi connectivity index (χ3n) is 5.35. The lowest BCUT2D eigenvalue weighted by Gasteiger charge is -2.27. The first kappa shape index (κ1) is 19.2. The Morgan fingerprint density at radius 1 is 1.17 bits per heavy atom. The number of benzene rings is 2. The number of phenols is 1. The Morgan fingerprint density at radius 2 is 1.93 bits per heavy atom. The quantitative estimate of drug-likeness (QED) is 0.511. The summed E-state index contributed by atoms with van der Waals surface area (Å²) in [6.07, 6.45) is 2.71. The summed E-state index contributed by atoms with van der Waals surface area (Å²) >= 11 is 0. The molecular formula is C23H27N4O2+. The Morgan fingerprint density at radius 3 is 2.66 bits per heavy atom. The Balaban J connectivity index is 1.82. The third-order valence-corrected chi connectivity index (χ3v) is 5.35. The molecule has 3 aromatic rings. The molecule has 0 aliphatic carbocycles. The molecule has 29 heavy (non-hydrogen) atoms. The Bertz CT molecular complexity index is 1030. The molecule has 0 fully saturated rings. The van der Waals surface area contributed by atoms with Gasteiger partial charge in [-0.2, -0.15) is 0 Å². The predicted molar refractivity (Wildman–Crippen MR) is 112 cm³/mol. The summed E-state index contributed by atoms with van der Waals surface area (Å²) in [4.78, 5) is 6.72. The summed E-state index contributed by atoms with van der Waals surface area (Å²) in [5.74, 6) is 1.83. The summed E-state index contributed by atoms with van der Waals surface area (Å²) in [5, 5.41) is 9.94. The van der Waals surface area contributed by atoms with E-state index in [2.05, 4.69) is 55.2 Å². The van der Waals surface area contributed by atoms with Gasteiger partial charge >= 0.3 is 5.88 Å². The molecule has 0 amide bonds. The van der Waals surface area contributed by atoms with Crippen LogP contribution in [-0.2, 0) is 6.54 Å². The van der Waals surface area contributed by atoms with E-state index in [1.165, 1.54) is 5.56 Å². The molecule has 0 saturated carbocycles. The van der Waals surface area contributed by atoms with Crippen LogP contribution < -0.4 is 15.0 Å². The molecule has 1 aliphatic rings. The molecule has 0 radical (unpaired) electrons. The Labute approximate surface area is 171 Å². The zero-order valence-electron chi connectivity index (χ0n) is 17.1. The molecule has 0 unspecified atom stereocenters. The van der Waals surface area contributed by atoms with Crippen LogP contribution in [0.2, 0.25) is 0 Å². The van der Waals surface area contributed by atoms with Crippen molar-refractivity contribution >= 4 is 5.82 Å². The van der Waals surface area contributed by atoms with Crippen LogP contribution in [0.25, 0.3) is 0 Å². The summed E-state index contributed by atoms with van der Waals surface area (Å²) in [6, 6.07) is 13.7. The zero-order valence-corrected chi connectivity index (χ0v) is 17.1. The molecule has 1 aliphatic heterocycles. The van der Waals surface area contributed by atoms with E-state index >= 15 is 0 Å². The van der Waals surface area contributed by atoms with Crippen molar-refractivity contribution in [2.75, 3.05) is 26.4 Å². The van der Waals surface area contributed by atoms with Crippen LogP contribution >= 0.6 is 0 Å². The normalized spacial score (nSPS) is 15.0. The lowest BCUT2D eigenvalue weighted by molar-refractivity contribution is -0.686. The number of nitrogen functional groups attached to an aromatic ring is 1. The number of aromatic nitrogens is 2. The molecule has 0 bridgehead atoms. The summed E-state index contributed by atoms with van der Waals surface area (Å²) in [6.45, 7) is 3.83. The Hall–Kier alpha value is -3.12. The van der Waals surface area contributed by atoms with E-state index in [-0.39, 0.29) is 11.7 Å². The average molecular weight is 391 g/mol. The van der Waals surface area contributed by atoms with E-state index in [1.54, 1.807) is 18.5 Å². The van der Waals surface area contributed by atoms with Crippen molar-refractivity contribution < 1.29 is 14.4 Å². The summed E-state index contributed by atoms with van der Waals surface area (Å²) < 4.78 is 8.04. The van der Waals surface area contributed by atoms with E-state index in [1.807, 2.05) is 10.6 Å². The highest BCUT2D eigenvalue weighted by molar-refractivity contribution is 5.62. The van der Waals surface area contributed by atoms with Crippen molar-refractivity contribution in [3.8, 4) is 17.4 Å².